The van der Waals surface area contributed by atoms with Crippen LogP contribution in [0.5, 0.6) is 0 Å². The Morgan fingerprint density at radius 1 is 0.468 bits per heavy atom. The second-order valence-electron chi connectivity index (χ2n) is 18.6. The number of benzene rings is 8. The molecule has 302 valence electrons. The summed E-state index contributed by atoms with van der Waals surface area (Å²) in [5.74, 6) is 2.48. The van der Waals surface area contributed by atoms with E-state index in [2.05, 4.69) is 205 Å². The molecule has 0 N–H and O–H groups in total. The molecule has 2 bridgehead atoms. The highest BCUT2D eigenvalue weighted by atomic mass is 16.3. The summed E-state index contributed by atoms with van der Waals surface area (Å²) in [5.41, 5.74) is 15.4. The van der Waals surface area contributed by atoms with Gasteiger partial charge in [0, 0.05) is 50.2 Å². The molecule has 10 aromatic rings. The number of hydrogen-bond acceptors (Lipinski definition) is 2. The average Bonchev–Trinajstić information content (AvgIpc) is 3.84. The predicted molar refractivity (Wildman–Crippen MR) is 260 cm³/mol. The highest BCUT2D eigenvalue weighted by Gasteiger charge is 2.47. The SMILES string of the molecule is CC1CC2CC(c3ccc(N(c4ccc(-c5ccc(-c6ccccc6-n6c7ccccc7c7ccccc76)cc5)cc4)c4ccc5c(c4)oc4ccccc45)cc3)(C2)C[C@@H](C)C1. The lowest BCUT2D eigenvalue weighted by Gasteiger charge is -2.53. The Hall–Kier alpha value is -6.84. The molecule has 13 rings (SSSR count). The Kier molecular flexibility index (Phi) is 8.74. The fraction of sp³-hybridized carbons (Fsp3) is 0.186. The van der Waals surface area contributed by atoms with Crippen LogP contribution in [0.1, 0.15) is 51.5 Å². The molecule has 3 nitrogen and oxygen atoms in total. The summed E-state index contributed by atoms with van der Waals surface area (Å²) in [6, 6.07) is 69.0. The van der Waals surface area contributed by atoms with Crippen LogP contribution in [0.15, 0.2) is 192 Å². The molecule has 2 atom stereocenters. The van der Waals surface area contributed by atoms with Gasteiger partial charge in [0.1, 0.15) is 11.2 Å². The van der Waals surface area contributed by atoms with E-state index in [4.69, 9.17) is 4.42 Å². The van der Waals surface area contributed by atoms with Gasteiger partial charge in [0.15, 0.2) is 0 Å². The van der Waals surface area contributed by atoms with Crippen LogP contribution in [-0.4, -0.2) is 4.57 Å². The largest absolute Gasteiger partial charge is 0.456 e. The minimum Gasteiger partial charge on any atom is -0.456 e. The van der Waals surface area contributed by atoms with Crippen LogP contribution in [0.2, 0.25) is 0 Å². The Bertz CT molecular complexity index is 3200. The van der Waals surface area contributed by atoms with Crippen molar-refractivity contribution in [1.29, 1.82) is 0 Å². The molecule has 2 aromatic heterocycles. The van der Waals surface area contributed by atoms with E-state index in [0.29, 0.717) is 5.41 Å². The molecule has 0 radical (unpaired) electrons. The van der Waals surface area contributed by atoms with Crippen LogP contribution in [0.3, 0.4) is 0 Å². The highest BCUT2D eigenvalue weighted by molar-refractivity contribution is 6.10. The summed E-state index contributed by atoms with van der Waals surface area (Å²) in [6.07, 6.45) is 6.72. The molecule has 0 aliphatic heterocycles. The van der Waals surface area contributed by atoms with Crippen LogP contribution in [0.4, 0.5) is 17.1 Å². The monoisotopic (exact) mass is 802 g/mol. The number of para-hydroxylation sites is 4. The number of aromatic nitrogens is 1. The summed E-state index contributed by atoms with van der Waals surface area (Å²) in [6.45, 7) is 4.94. The number of hydrogen-bond donors (Lipinski definition) is 0. The van der Waals surface area contributed by atoms with Gasteiger partial charge in [0.05, 0.1) is 16.7 Å². The first-order chi connectivity index (χ1) is 30.5. The van der Waals surface area contributed by atoms with Gasteiger partial charge in [-0.3, -0.25) is 0 Å². The van der Waals surface area contributed by atoms with E-state index in [1.54, 1.807) is 0 Å². The second kappa shape index (κ2) is 14.7. The quantitative estimate of drug-likeness (QED) is 0.160. The smallest absolute Gasteiger partial charge is 0.137 e. The molecular formula is C59H50N2O. The molecule has 0 saturated heterocycles. The Morgan fingerprint density at radius 2 is 1.02 bits per heavy atom. The molecule has 8 aromatic carbocycles. The van der Waals surface area contributed by atoms with Crippen molar-refractivity contribution in [2.24, 2.45) is 17.8 Å². The molecule has 2 heterocycles. The molecule has 3 aliphatic rings. The summed E-state index contributed by atoms with van der Waals surface area (Å²) in [5, 5.41) is 4.83. The third-order valence-corrected chi connectivity index (χ3v) is 14.4. The van der Waals surface area contributed by atoms with E-state index >= 15 is 0 Å². The molecule has 3 aliphatic carbocycles. The van der Waals surface area contributed by atoms with Gasteiger partial charge in [-0.1, -0.05) is 135 Å². The van der Waals surface area contributed by atoms with Crippen LogP contribution >= 0.6 is 0 Å². The molecule has 0 spiro atoms. The van der Waals surface area contributed by atoms with Crippen molar-refractivity contribution in [2.75, 3.05) is 4.90 Å². The van der Waals surface area contributed by atoms with Crippen molar-refractivity contribution in [3.05, 3.63) is 194 Å². The van der Waals surface area contributed by atoms with E-state index in [0.717, 1.165) is 56.8 Å². The van der Waals surface area contributed by atoms with Crippen LogP contribution in [-0.2, 0) is 5.41 Å². The van der Waals surface area contributed by atoms with E-state index in [9.17, 15) is 0 Å². The van der Waals surface area contributed by atoms with E-state index in [-0.39, 0.29) is 0 Å². The minimum absolute atomic E-state index is 0.324. The summed E-state index contributed by atoms with van der Waals surface area (Å²) in [4.78, 5) is 2.39. The zero-order chi connectivity index (χ0) is 41.4. The maximum atomic E-state index is 6.43. The minimum atomic E-state index is 0.324. The molecule has 3 heteroatoms. The van der Waals surface area contributed by atoms with Crippen molar-refractivity contribution in [3.8, 4) is 27.9 Å². The summed E-state index contributed by atoms with van der Waals surface area (Å²) in [7, 11) is 0. The zero-order valence-electron chi connectivity index (χ0n) is 35.5. The maximum absolute atomic E-state index is 6.43. The lowest BCUT2D eigenvalue weighted by molar-refractivity contribution is 0.0613. The van der Waals surface area contributed by atoms with Gasteiger partial charge in [0.25, 0.3) is 0 Å². The second-order valence-corrected chi connectivity index (χ2v) is 18.6. The molecule has 62 heavy (non-hydrogen) atoms. The van der Waals surface area contributed by atoms with Gasteiger partial charge in [-0.15, -0.1) is 0 Å². The lowest BCUT2D eigenvalue weighted by Crippen LogP contribution is -2.45. The average molecular weight is 803 g/mol. The molecule has 1 unspecified atom stereocenters. The van der Waals surface area contributed by atoms with Crippen LogP contribution in [0, 0.1) is 17.8 Å². The molecule has 3 saturated carbocycles. The first-order valence-electron chi connectivity index (χ1n) is 22.6. The van der Waals surface area contributed by atoms with Gasteiger partial charge in [-0.2, -0.15) is 0 Å². The number of anilines is 3. The van der Waals surface area contributed by atoms with E-state index in [1.807, 2.05) is 6.07 Å². The number of fused-ring (bicyclic) bond motifs is 10. The Balaban J connectivity index is 0.884. The third kappa shape index (κ3) is 6.17. The third-order valence-electron chi connectivity index (χ3n) is 14.4. The van der Waals surface area contributed by atoms with Gasteiger partial charge in [-0.25, -0.2) is 0 Å². The summed E-state index contributed by atoms with van der Waals surface area (Å²) < 4.78 is 8.84. The summed E-state index contributed by atoms with van der Waals surface area (Å²) >= 11 is 0. The van der Waals surface area contributed by atoms with Crippen molar-refractivity contribution in [2.45, 2.75) is 51.4 Å². The van der Waals surface area contributed by atoms with Crippen molar-refractivity contribution < 1.29 is 4.42 Å². The van der Waals surface area contributed by atoms with Gasteiger partial charge < -0.3 is 13.9 Å². The molecule has 0 amide bonds. The van der Waals surface area contributed by atoms with Gasteiger partial charge in [-0.05, 0) is 138 Å². The molecular weight excluding hydrogens is 753 g/mol. The topological polar surface area (TPSA) is 21.3 Å². The number of furan rings is 1. The van der Waals surface area contributed by atoms with Crippen molar-refractivity contribution >= 4 is 60.8 Å². The molecule has 3 fully saturated rings. The maximum Gasteiger partial charge on any atom is 0.137 e. The normalized spacial score (nSPS) is 20.0. The van der Waals surface area contributed by atoms with Gasteiger partial charge >= 0.3 is 0 Å². The Labute approximate surface area is 363 Å². The van der Waals surface area contributed by atoms with Crippen LogP contribution < -0.4 is 4.90 Å². The zero-order valence-corrected chi connectivity index (χ0v) is 35.5. The first kappa shape index (κ1) is 37.0. The fourth-order valence-corrected chi connectivity index (χ4v) is 11.8. The lowest BCUT2D eigenvalue weighted by atomic mass is 9.52. The van der Waals surface area contributed by atoms with E-state index in [1.165, 1.54) is 87.4 Å². The number of rotatable bonds is 7. The predicted octanol–water partition coefficient (Wildman–Crippen LogP) is 16.6. The van der Waals surface area contributed by atoms with E-state index < -0.39 is 0 Å². The van der Waals surface area contributed by atoms with Crippen molar-refractivity contribution in [3.63, 3.8) is 0 Å². The standard InChI is InChI=1S/C59H50N2O/c1-39-33-40(2)36-59(37-41(34-39)38-59)45-25-29-47(30-26-45)60(48-31-32-53-52-14-6-10-18-57(52)62-58(53)35-48)46-27-23-43(24-28-46)42-19-21-44(22-20-42)49-11-3-7-15-54(49)61-55-16-8-4-12-50(55)51-13-5-9-17-56(51)61/h3-32,35,39-41H,33-34,36-38H2,1-2H3/t39?,40-,41?,59?/m0/s1. The first-order valence-corrected chi connectivity index (χ1v) is 22.6. The van der Waals surface area contributed by atoms with Crippen LogP contribution in [0.25, 0.3) is 71.7 Å². The van der Waals surface area contributed by atoms with Gasteiger partial charge in [0.2, 0.25) is 0 Å². The highest BCUT2D eigenvalue weighted by Crippen LogP contribution is 2.56. The number of nitrogens with zero attached hydrogens (tertiary/aromatic N) is 2. The Morgan fingerprint density at radius 3 is 1.73 bits per heavy atom. The van der Waals surface area contributed by atoms with Crippen molar-refractivity contribution in [1.82, 2.24) is 4.57 Å². The fourth-order valence-electron chi connectivity index (χ4n) is 11.8.